The van der Waals surface area contributed by atoms with E-state index >= 15 is 0 Å². The Bertz CT molecular complexity index is 1240. The van der Waals surface area contributed by atoms with Crippen LogP contribution in [-0.2, 0) is 11.2 Å². The first-order chi connectivity index (χ1) is 16.4. The molecule has 0 aliphatic carbocycles. The minimum absolute atomic E-state index is 0.0175. The molecule has 0 saturated carbocycles. The Morgan fingerprint density at radius 2 is 2.18 bits per heavy atom. The summed E-state index contributed by atoms with van der Waals surface area (Å²) in [4.78, 5) is 20.8. The summed E-state index contributed by atoms with van der Waals surface area (Å²) in [6.45, 7) is 5.17. The van der Waals surface area contributed by atoms with Crippen LogP contribution in [0.25, 0.3) is 11.3 Å². The number of carbonyl (C=O) groups excluding carboxylic acids is 1. The molecule has 178 valence electrons. The van der Waals surface area contributed by atoms with Gasteiger partial charge in [0.2, 0.25) is 0 Å². The molecular formula is C25H27ClN4O4. The minimum atomic E-state index is -0.299. The summed E-state index contributed by atoms with van der Waals surface area (Å²) in [5.41, 5.74) is 3.91. The fourth-order valence-corrected chi connectivity index (χ4v) is 4.63. The van der Waals surface area contributed by atoms with Gasteiger partial charge in [0, 0.05) is 36.3 Å². The van der Waals surface area contributed by atoms with Gasteiger partial charge < -0.3 is 29.8 Å². The highest BCUT2D eigenvalue weighted by molar-refractivity contribution is 6.32. The van der Waals surface area contributed by atoms with Crippen LogP contribution in [0, 0.1) is 0 Å². The van der Waals surface area contributed by atoms with Crippen LogP contribution in [0.2, 0.25) is 5.02 Å². The summed E-state index contributed by atoms with van der Waals surface area (Å²) in [7, 11) is 1.56. The second-order valence-electron chi connectivity index (χ2n) is 8.96. The lowest BCUT2D eigenvalue weighted by Crippen LogP contribution is -2.45. The summed E-state index contributed by atoms with van der Waals surface area (Å²) >= 11 is 6.35. The maximum atomic E-state index is 13.1. The molecule has 0 radical (unpaired) electrons. The molecule has 3 aromatic rings. The average molecular weight is 483 g/mol. The van der Waals surface area contributed by atoms with Crippen molar-refractivity contribution >= 4 is 28.9 Å². The van der Waals surface area contributed by atoms with E-state index < -0.39 is 0 Å². The van der Waals surface area contributed by atoms with Crippen LogP contribution < -0.4 is 20.1 Å². The number of carbonyl (C=O) groups is 1. The Morgan fingerprint density at radius 3 is 2.91 bits per heavy atom. The average Bonchev–Trinajstić information content (AvgIpc) is 3.15. The zero-order valence-corrected chi connectivity index (χ0v) is 20.1. The number of aromatic nitrogens is 2. The number of pyridine rings is 1. The number of ether oxygens (including phenoxy) is 3. The van der Waals surface area contributed by atoms with Crippen molar-refractivity contribution < 1.29 is 19.0 Å². The van der Waals surface area contributed by atoms with E-state index in [2.05, 4.69) is 20.6 Å². The monoisotopic (exact) mass is 482 g/mol. The first-order valence-electron chi connectivity index (χ1n) is 11.2. The van der Waals surface area contributed by atoms with Gasteiger partial charge in [-0.15, -0.1) is 0 Å². The first-order valence-corrected chi connectivity index (χ1v) is 11.6. The summed E-state index contributed by atoms with van der Waals surface area (Å²) < 4.78 is 17.4. The first kappa shape index (κ1) is 22.6. The van der Waals surface area contributed by atoms with Gasteiger partial charge in [-0.05, 0) is 32.0 Å². The van der Waals surface area contributed by atoms with E-state index in [9.17, 15) is 4.79 Å². The third kappa shape index (κ3) is 4.08. The zero-order chi connectivity index (χ0) is 23.9. The molecule has 34 heavy (non-hydrogen) atoms. The molecule has 0 spiro atoms. The van der Waals surface area contributed by atoms with Crippen LogP contribution in [0.5, 0.6) is 11.5 Å². The van der Waals surface area contributed by atoms with E-state index in [-0.39, 0.29) is 17.6 Å². The molecular weight excluding hydrogens is 456 g/mol. The number of H-pyrrole nitrogens is 1. The van der Waals surface area contributed by atoms with Crippen molar-refractivity contribution in [2.45, 2.75) is 38.3 Å². The van der Waals surface area contributed by atoms with Crippen molar-refractivity contribution in [1.29, 1.82) is 0 Å². The van der Waals surface area contributed by atoms with Gasteiger partial charge in [0.15, 0.2) is 5.75 Å². The van der Waals surface area contributed by atoms with Crippen LogP contribution in [0.3, 0.4) is 0 Å². The summed E-state index contributed by atoms with van der Waals surface area (Å²) in [6, 6.07) is 7.33. The number of hydrogen-bond acceptors (Lipinski definition) is 6. The van der Waals surface area contributed by atoms with E-state index in [4.69, 9.17) is 25.8 Å². The second kappa shape index (κ2) is 8.85. The number of amides is 1. The maximum Gasteiger partial charge on any atom is 0.255 e. The highest BCUT2D eigenvalue weighted by Gasteiger charge is 2.35. The standard InChI is InChI=1S/C25H27ClN4O4/c1-14-11-18-20(24(31)28-14)22(29-17-6-4-5-16(26)23(17)32-3)21(30-18)15-7-9-27-12-19(15)33-13-25(2)8-10-34-25/h4-7,9,12,14,29-30H,8,10-11,13H2,1-3H3,(H,28,31)/t14-,25+/m1/s1. The van der Waals surface area contributed by atoms with Crippen molar-refractivity contribution in [3.05, 3.63) is 52.9 Å². The van der Waals surface area contributed by atoms with Gasteiger partial charge in [0.25, 0.3) is 5.91 Å². The highest BCUT2D eigenvalue weighted by atomic mass is 35.5. The second-order valence-corrected chi connectivity index (χ2v) is 9.37. The molecule has 2 aromatic heterocycles. The fourth-order valence-electron chi connectivity index (χ4n) is 4.38. The number of fused-ring (bicyclic) bond motifs is 1. The van der Waals surface area contributed by atoms with Crippen LogP contribution in [0.15, 0.2) is 36.7 Å². The number of nitrogens with one attached hydrogen (secondary N) is 3. The lowest BCUT2D eigenvalue weighted by atomic mass is 9.99. The number of anilines is 2. The molecule has 1 saturated heterocycles. The lowest BCUT2D eigenvalue weighted by molar-refractivity contribution is -0.152. The Kier molecular flexibility index (Phi) is 5.87. The van der Waals surface area contributed by atoms with E-state index in [1.807, 2.05) is 32.0 Å². The molecule has 2 atom stereocenters. The molecule has 5 rings (SSSR count). The molecule has 0 unspecified atom stereocenters. The SMILES string of the molecule is COc1c(Cl)cccc1Nc1c(-c2ccncc2OC[C@]2(C)CCO2)[nH]c2c1C(=O)N[C@H](C)C2. The Labute approximate surface area is 203 Å². The van der Waals surface area contributed by atoms with Crippen molar-refractivity contribution in [2.75, 3.05) is 25.6 Å². The molecule has 1 aromatic carbocycles. The van der Waals surface area contributed by atoms with Crippen LogP contribution in [0.4, 0.5) is 11.4 Å². The molecule has 2 aliphatic heterocycles. The van der Waals surface area contributed by atoms with Crippen molar-refractivity contribution in [2.24, 2.45) is 0 Å². The largest absolute Gasteiger partial charge is 0.493 e. The molecule has 8 nitrogen and oxygen atoms in total. The Balaban J connectivity index is 1.61. The number of methoxy groups -OCH3 is 1. The topological polar surface area (TPSA) is 97.5 Å². The molecule has 4 heterocycles. The third-order valence-electron chi connectivity index (χ3n) is 6.29. The molecule has 9 heteroatoms. The van der Waals surface area contributed by atoms with Crippen molar-refractivity contribution in [3.8, 4) is 22.8 Å². The van der Waals surface area contributed by atoms with E-state index in [0.29, 0.717) is 46.5 Å². The van der Waals surface area contributed by atoms with Crippen molar-refractivity contribution in [1.82, 2.24) is 15.3 Å². The summed E-state index contributed by atoms with van der Waals surface area (Å²) in [6.07, 6.45) is 5.01. The van der Waals surface area contributed by atoms with Gasteiger partial charge >= 0.3 is 0 Å². The number of benzene rings is 1. The minimum Gasteiger partial charge on any atom is -0.493 e. The van der Waals surface area contributed by atoms with E-state index in [0.717, 1.165) is 30.0 Å². The van der Waals surface area contributed by atoms with Gasteiger partial charge in [-0.3, -0.25) is 9.78 Å². The Morgan fingerprint density at radius 1 is 1.35 bits per heavy atom. The molecule has 3 N–H and O–H groups in total. The van der Waals surface area contributed by atoms with Crippen LogP contribution in [0.1, 0.15) is 36.3 Å². The van der Waals surface area contributed by atoms with Gasteiger partial charge in [-0.1, -0.05) is 17.7 Å². The number of nitrogens with zero attached hydrogens (tertiary/aromatic N) is 1. The maximum absolute atomic E-state index is 13.1. The summed E-state index contributed by atoms with van der Waals surface area (Å²) in [5, 5.41) is 6.90. The normalized spacial score (nSPS) is 21.3. The smallest absolute Gasteiger partial charge is 0.255 e. The van der Waals surface area contributed by atoms with Crippen molar-refractivity contribution in [3.63, 3.8) is 0 Å². The van der Waals surface area contributed by atoms with E-state index in [1.165, 1.54) is 0 Å². The predicted octanol–water partition coefficient (Wildman–Crippen LogP) is 4.71. The third-order valence-corrected chi connectivity index (χ3v) is 6.59. The number of halogens is 1. The quantitative estimate of drug-likeness (QED) is 0.451. The zero-order valence-electron chi connectivity index (χ0n) is 19.3. The van der Waals surface area contributed by atoms with Crippen LogP contribution in [-0.4, -0.2) is 47.8 Å². The van der Waals surface area contributed by atoms with Gasteiger partial charge in [0.1, 0.15) is 18.0 Å². The van der Waals surface area contributed by atoms with Gasteiger partial charge in [0.05, 0.1) is 47.6 Å². The highest BCUT2D eigenvalue weighted by Crippen LogP contribution is 2.43. The molecule has 1 amide bonds. The lowest BCUT2D eigenvalue weighted by Gasteiger charge is -2.38. The number of rotatable bonds is 7. The molecule has 1 fully saturated rings. The molecule has 0 bridgehead atoms. The fraction of sp³-hybridized carbons (Fsp3) is 0.360. The van der Waals surface area contributed by atoms with Crippen LogP contribution >= 0.6 is 11.6 Å². The number of hydrogen-bond donors (Lipinski definition) is 3. The van der Waals surface area contributed by atoms with Gasteiger partial charge in [-0.25, -0.2) is 0 Å². The summed E-state index contributed by atoms with van der Waals surface area (Å²) in [5.74, 6) is 0.954. The van der Waals surface area contributed by atoms with E-state index in [1.54, 1.807) is 25.6 Å². The van der Waals surface area contributed by atoms with Gasteiger partial charge in [-0.2, -0.15) is 0 Å². The number of aromatic amines is 1. The number of para-hydroxylation sites is 1. The molecule has 2 aliphatic rings. The Hall–Kier alpha value is -3.23. The predicted molar refractivity (Wildman–Crippen MR) is 130 cm³/mol.